The monoisotopic (exact) mass is 404 g/mol. The number of nitrogens with zero attached hydrogens (tertiary/aromatic N) is 5. The largest absolute Gasteiger partial charge is 0.463 e. The minimum Gasteiger partial charge on any atom is -0.463 e. The van der Waals surface area contributed by atoms with Crippen LogP contribution in [0, 0.1) is 5.92 Å². The number of likely N-dealkylation sites (tertiary alicyclic amines) is 1. The molecule has 9 nitrogen and oxygen atoms in total. The minimum absolute atomic E-state index is 0.238. The summed E-state index contributed by atoms with van der Waals surface area (Å²) < 4.78 is 13.1. The summed E-state index contributed by atoms with van der Waals surface area (Å²) >= 11 is 0. The third-order valence-electron chi connectivity index (χ3n) is 4.92. The molecule has 1 saturated heterocycles. The van der Waals surface area contributed by atoms with E-state index in [0.29, 0.717) is 48.6 Å². The fourth-order valence-electron chi connectivity index (χ4n) is 3.35. The Morgan fingerprint density at radius 1 is 1.28 bits per heavy atom. The summed E-state index contributed by atoms with van der Waals surface area (Å²) in [6.07, 6.45) is 5.30. The number of anilines is 1. The van der Waals surface area contributed by atoms with Crippen LogP contribution >= 0.6 is 0 Å². The highest BCUT2D eigenvalue weighted by atomic mass is 16.6. The number of nitrogens with two attached hydrogens (primary N) is 1. The van der Waals surface area contributed by atoms with Crippen molar-refractivity contribution < 1.29 is 14.3 Å². The van der Waals surface area contributed by atoms with E-state index in [-0.39, 0.29) is 6.09 Å². The first-order valence-electron chi connectivity index (χ1n) is 10.4. The minimum atomic E-state index is -0.472. The maximum Gasteiger partial charge on any atom is 0.410 e. The third kappa shape index (κ3) is 5.48. The lowest BCUT2D eigenvalue weighted by atomic mass is 9.97. The summed E-state index contributed by atoms with van der Waals surface area (Å²) in [6.45, 7) is 10.5. The number of amides is 1. The zero-order chi connectivity index (χ0) is 21.0. The second-order valence-corrected chi connectivity index (χ2v) is 8.57. The third-order valence-corrected chi connectivity index (χ3v) is 4.92. The summed E-state index contributed by atoms with van der Waals surface area (Å²) in [7, 11) is 0. The second-order valence-electron chi connectivity index (χ2n) is 8.57. The molecule has 0 saturated carbocycles. The zero-order valence-corrected chi connectivity index (χ0v) is 17.8. The summed E-state index contributed by atoms with van der Waals surface area (Å²) in [6, 6.07) is 0.296. The lowest BCUT2D eigenvalue weighted by Crippen LogP contribution is -2.42. The number of aromatic nitrogens is 4. The lowest BCUT2D eigenvalue weighted by molar-refractivity contribution is 0.0178. The van der Waals surface area contributed by atoms with Gasteiger partial charge in [-0.3, -0.25) is 0 Å². The standard InChI is InChI=1S/C20H32N6O3/c1-5-6-11-28-18-23-16(21)15-17(24-18)26(13-22-15)12-14-7-9-25(10-8-14)19(27)29-20(2,3)4/h13-14H,5-12H2,1-4H3,(H2,21,23,24). The van der Waals surface area contributed by atoms with Crippen LogP contribution in [0.25, 0.3) is 11.2 Å². The van der Waals surface area contributed by atoms with E-state index in [2.05, 4.69) is 21.9 Å². The molecule has 29 heavy (non-hydrogen) atoms. The summed E-state index contributed by atoms with van der Waals surface area (Å²) in [5, 5.41) is 0. The van der Waals surface area contributed by atoms with E-state index in [1.165, 1.54) is 0 Å². The van der Waals surface area contributed by atoms with Crippen LogP contribution in [-0.4, -0.2) is 55.8 Å². The maximum atomic E-state index is 12.2. The molecule has 0 unspecified atom stereocenters. The molecule has 0 radical (unpaired) electrons. The van der Waals surface area contributed by atoms with Crippen LogP contribution in [0.5, 0.6) is 6.01 Å². The Kier molecular flexibility index (Phi) is 6.44. The van der Waals surface area contributed by atoms with Gasteiger partial charge in [-0.15, -0.1) is 0 Å². The van der Waals surface area contributed by atoms with Gasteiger partial charge in [0.1, 0.15) is 5.60 Å². The molecule has 2 aromatic rings. The number of carbonyl (C=O) groups is 1. The lowest BCUT2D eigenvalue weighted by Gasteiger charge is -2.33. The number of rotatable bonds is 6. The van der Waals surface area contributed by atoms with Gasteiger partial charge in [0.05, 0.1) is 12.9 Å². The van der Waals surface area contributed by atoms with E-state index in [4.69, 9.17) is 15.2 Å². The first kappa shape index (κ1) is 21.1. The van der Waals surface area contributed by atoms with Crippen molar-refractivity contribution in [3.63, 3.8) is 0 Å². The Balaban J connectivity index is 1.63. The predicted molar refractivity (Wildman–Crippen MR) is 111 cm³/mol. The predicted octanol–water partition coefficient (Wildman–Crippen LogP) is 3.23. The van der Waals surface area contributed by atoms with Crippen molar-refractivity contribution in [3.05, 3.63) is 6.33 Å². The number of hydrogen-bond donors (Lipinski definition) is 1. The first-order chi connectivity index (χ1) is 13.8. The van der Waals surface area contributed by atoms with Crippen LogP contribution in [0.15, 0.2) is 6.33 Å². The summed E-state index contributed by atoms with van der Waals surface area (Å²) in [5.41, 5.74) is 6.86. The fraction of sp³-hybridized carbons (Fsp3) is 0.700. The summed E-state index contributed by atoms with van der Waals surface area (Å²) in [5.74, 6) is 0.756. The van der Waals surface area contributed by atoms with Crippen molar-refractivity contribution in [1.82, 2.24) is 24.4 Å². The van der Waals surface area contributed by atoms with Crippen LogP contribution in [0.2, 0.25) is 0 Å². The Morgan fingerprint density at radius 3 is 2.66 bits per heavy atom. The van der Waals surface area contributed by atoms with Gasteiger partial charge in [-0.05, 0) is 46.0 Å². The molecule has 0 spiro atoms. The number of imidazole rings is 1. The van der Waals surface area contributed by atoms with Crippen LogP contribution in [0.3, 0.4) is 0 Å². The van der Waals surface area contributed by atoms with Crippen LogP contribution in [-0.2, 0) is 11.3 Å². The molecule has 3 rings (SSSR count). The van der Waals surface area contributed by atoms with E-state index in [9.17, 15) is 4.79 Å². The molecular formula is C20H32N6O3. The molecular weight excluding hydrogens is 372 g/mol. The first-order valence-corrected chi connectivity index (χ1v) is 10.4. The van der Waals surface area contributed by atoms with E-state index >= 15 is 0 Å². The molecule has 2 aromatic heterocycles. The van der Waals surface area contributed by atoms with Crippen molar-refractivity contribution >= 4 is 23.1 Å². The number of ether oxygens (including phenoxy) is 2. The van der Waals surface area contributed by atoms with Gasteiger partial charge in [-0.25, -0.2) is 9.78 Å². The number of unbranched alkanes of at least 4 members (excludes halogenated alkanes) is 1. The fourth-order valence-corrected chi connectivity index (χ4v) is 3.35. The Bertz CT molecular complexity index is 837. The van der Waals surface area contributed by atoms with Gasteiger partial charge in [0.25, 0.3) is 0 Å². The van der Waals surface area contributed by atoms with E-state index < -0.39 is 5.60 Å². The summed E-state index contributed by atoms with van der Waals surface area (Å²) in [4.78, 5) is 27.1. The van der Waals surface area contributed by atoms with Crippen molar-refractivity contribution in [2.75, 3.05) is 25.4 Å². The number of hydrogen-bond acceptors (Lipinski definition) is 7. The number of carbonyl (C=O) groups excluding carboxylic acids is 1. The van der Waals surface area contributed by atoms with Gasteiger partial charge < -0.3 is 24.7 Å². The normalized spacial score (nSPS) is 15.7. The molecule has 1 fully saturated rings. The van der Waals surface area contributed by atoms with Crippen molar-refractivity contribution in [2.24, 2.45) is 5.92 Å². The zero-order valence-electron chi connectivity index (χ0n) is 17.8. The quantitative estimate of drug-likeness (QED) is 0.736. The molecule has 9 heteroatoms. The highest BCUT2D eigenvalue weighted by Crippen LogP contribution is 2.25. The molecule has 1 aliphatic heterocycles. The van der Waals surface area contributed by atoms with E-state index in [1.807, 2.05) is 25.3 Å². The molecule has 3 heterocycles. The van der Waals surface area contributed by atoms with Crippen LogP contribution < -0.4 is 10.5 Å². The Hall–Kier alpha value is -2.58. The smallest absolute Gasteiger partial charge is 0.410 e. The van der Waals surface area contributed by atoms with Gasteiger partial charge in [0, 0.05) is 19.6 Å². The molecule has 0 atom stereocenters. The second kappa shape index (κ2) is 8.84. The van der Waals surface area contributed by atoms with Gasteiger partial charge in [-0.2, -0.15) is 9.97 Å². The molecule has 0 aromatic carbocycles. The van der Waals surface area contributed by atoms with Gasteiger partial charge in [0.15, 0.2) is 17.0 Å². The van der Waals surface area contributed by atoms with Crippen LogP contribution in [0.4, 0.5) is 10.6 Å². The SMILES string of the molecule is CCCCOc1nc(N)c2ncn(CC3CCN(C(=O)OC(C)(C)C)CC3)c2n1. The molecule has 1 amide bonds. The number of piperidine rings is 1. The highest BCUT2D eigenvalue weighted by molar-refractivity contribution is 5.81. The average Bonchev–Trinajstić information content (AvgIpc) is 3.04. The number of nitrogen functional groups attached to an aromatic ring is 1. The topological polar surface area (TPSA) is 108 Å². The van der Waals surface area contributed by atoms with Gasteiger partial charge >= 0.3 is 12.1 Å². The average molecular weight is 405 g/mol. The Labute approximate surface area is 171 Å². The molecule has 2 N–H and O–H groups in total. The molecule has 0 bridgehead atoms. The van der Waals surface area contributed by atoms with E-state index in [1.54, 1.807) is 11.2 Å². The Morgan fingerprint density at radius 2 is 2.00 bits per heavy atom. The van der Waals surface area contributed by atoms with Crippen molar-refractivity contribution in [3.8, 4) is 6.01 Å². The van der Waals surface area contributed by atoms with Gasteiger partial charge in [0.2, 0.25) is 0 Å². The van der Waals surface area contributed by atoms with Crippen molar-refractivity contribution in [2.45, 2.75) is 65.5 Å². The van der Waals surface area contributed by atoms with Crippen LogP contribution in [0.1, 0.15) is 53.4 Å². The van der Waals surface area contributed by atoms with Crippen molar-refractivity contribution in [1.29, 1.82) is 0 Å². The van der Waals surface area contributed by atoms with Gasteiger partial charge in [-0.1, -0.05) is 13.3 Å². The maximum absolute atomic E-state index is 12.2. The molecule has 1 aliphatic rings. The highest BCUT2D eigenvalue weighted by Gasteiger charge is 2.27. The molecule has 0 aliphatic carbocycles. The van der Waals surface area contributed by atoms with E-state index in [0.717, 1.165) is 32.2 Å². The molecule has 160 valence electrons. The number of fused-ring (bicyclic) bond motifs is 1.